The van der Waals surface area contributed by atoms with E-state index in [1.165, 1.54) is 12.7 Å². The highest BCUT2D eigenvalue weighted by molar-refractivity contribution is 5.88. The summed E-state index contributed by atoms with van der Waals surface area (Å²) < 4.78 is 55.3. The zero-order valence-electron chi connectivity index (χ0n) is 24.1. The molecule has 0 saturated carbocycles. The molecule has 9 nitrogen and oxygen atoms in total. The number of nitrogens with one attached hydrogen (secondary N) is 1. The van der Waals surface area contributed by atoms with Crippen molar-refractivity contribution in [1.29, 1.82) is 0 Å². The highest BCUT2D eigenvalue weighted by Gasteiger charge is 2.42. The zero-order chi connectivity index (χ0) is 30.4. The van der Waals surface area contributed by atoms with Gasteiger partial charge in [-0.05, 0) is 54.0 Å². The molecular formula is C30H35F3N4O5. The van der Waals surface area contributed by atoms with Crippen molar-refractivity contribution in [2.45, 2.75) is 64.0 Å². The number of rotatable bonds is 11. The minimum Gasteiger partial charge on any atom is -0.496 e. The van der Waals surface area contributed by atoms with Crippen LogP contribution >= 0.6 is 0 Å². The number of anilines is 1. The quantitative estimate of drug-likeness (QED) is 0.239. The van der Waals surface area contributed by atoms with E-state index in [1.807, 2.05) is 32.0 Å². The van der Waals surface area contributed by atoms with Crippen LogP contribution in [0.15, 0.2) is 36.4 Å². The Labute approximate surface area is 242 Å². The predicted molar refractivity (Wildman–Crippen MR) is 149 cm³/mol. The lowest BCUT2D eigenvalue weighted by atomic mass is 9.87. The van der Waals surface area contributed by atoms with Crippen molar-refractivity contribution in [3.05, 3.63) is 64.5 Å². The molecule has 3 aromatic rings. The Morgan fingerprint density at radius 3 is 2.62 bits per heavy atom. The van der Waals surface area contributed by atoms with E-state index in [-0.39, 0.29) is 12.3 Å². The Morgan fingerprint density at radius 1 is 1.12 bits per heavy atom. The van der Waals surface area contributed by atoms with E-state index in [2.05, 4.69) is 26.2 Å². The van der Waals surface area contributed by atoms with Gasteiger partial charge in [-0.1, -0.05) is 32.0 Å². The second kappa shape index (κ2) is 13.3. The first-order valence-corrected chi connectivity index (χ1v) is 13.8. The van der Waals surface area contributed by atoms with Crippen LogP contribution in [0.4, 0.5) is 19.0 Å². The van der Waals surface area contributed by atoms with E-state index in [9.17, 15) is 22.8 Å². The molecule has 0 aliphatic carbocycles. The van der Waals surface area contributed by atoms with Crippen molar-refractivity contribution in [3.63, 3.8) is 0 Å². The Hall–Kier alpha value is -4.09. The van der Waals surface area contributed by atoms with Gasteiger partial charge in [-0.15, -0.1) is 0 Å². The van der Waals surface area contributed by atoms with E-state index in [0.29, 0.717) is 35.9 Å². The molecule has 0 radical (unpaired) electrons. The van der Waals surface area contributed by atoms with Crippen molar-refractivity contribution < 1.29 is 37.0 Å². The van der Waals surface area contributed by atoms with Gasteiger partial charge in [0.1, 0.15) is 11.6 Å². The second-order valence-electron chi connectivity index (χ2n) is 10.6. The number of hydrogen-bond donors (Lipinski definition) is 1. The number of esters is 2. The molecule has 3 heterocycles. The minimum atomic E-state index is -5.28. The van der Waals surface area contributed by atoms with Gasteiger partial charge in [-0.2, -0.15) is 18.3 Å². The first-order valence-electron chi connectivity index (χ1n) is 13.8. The lowest BCUT2D eigenvalue weighted by Gasteiger charge is -2.20. The average Bonchev–Trinajstić information content (AvgIpc) is 3.29. The number of nitrogens with zero attached hydrogens (tertiary/aromatic N) is 3. The molecule has 2 aromatic heterocycles. The van der Waals surface area contributed by atoms with Crippen LogP contribution in [0.1, 0.15) is 66.6 Å². The van der Waals surface area contributed by atoms with Crippen molar-refractivity contribution >= 4 is 17.8 Å². The number of alkyl halides is 3. The van der Waals surface area contributed by atoms with Crippen LogP contribution in [0.2, 0.25) is 0 Å². The summed E-state index contributed by atoms with van der Waals surface area (Å²) in [5.41, 5.74) is 4.20. The molecule has 1 N–H and O–H groups in total. The number of carbonyl (C=O) groups excluding carboxylic acids is 2. The number of carbonyl (C=O) groups is 2. The monoisotopic (exact) mass is 588 g/mol. The van der Waals surface area contributed by atoms with Crippen molar-refractivity contribution in [2.75, 3.05) is 25.6 Å². The highest BCUT2D eigenvalue weighted by Crippen LogP contribution is 2.35. The number of aryl methyl sites for hydroxylation is 2. The summed E-state index contributed by atoms with van der Waals surface area (Å²) in [4.78, 5) is 28.5. The number of fused-ring (bicyclic) bond motifs is 1. The summed E-state index contributed by atoms with van der Waals surface area (Å²) in [5.74, 6) is -2.53. The summed E-state index contributed by atoms with van der Waals surface area (Å²) in [7, 11) is 3.18. The smallest absolute Gasteiger partial charge is 0.491 e. The molecule has 0 saturated heterocycles. The molecule has 1 aliphatic rings. The number of aromatic nitrogens is 3. The SMILES string of the molecule is COc1ccc(C(C)C)cc1C(CC(=O)OC(=O)C(F)(F)F)Cc1cc(OCCc2ccc3c(n2)NCCC3)n(C)n1. The molecule has 1 aromatic carbocycles. The summed E-state index contributed by atoms with van der Waals surface area (Å²) >= 11 is 0. The van der Waals surface area contributed by atoms with Crippen LogP contribution in [0.25, 0.3) is 0 Å². The lowest BCUT2D eigenvalue weighted by molar-refractivity contribution is -0.202. The second-order valence-corrected chi connectivity index (χ2v) is 10.6. The largest absolute Gasteiger partial charge is 0.496 e. The number of ether oxygens (including phenoxy) is 3. The first kappa shape index (κ1) is 30.9. The Kier molecular flexibility index (Phi) is 9.74. The molecule has 1 unspecified atom stereocenters. The third kappa shape index (κ3) is 7.80. The maximum atomic E-state index is 12.7. The van der Waals surface area contributed by atoms with Crippen LogP contribution < -0.4 is 14.8 Å². The topological polar surface area (TPSA) is 105 Å². The number of methoxy groups -OCH3 is 1. The van der Waals surface area contributed by atoms with E-state index < -0.39 is 30.5 Å². The fourth-order valence-electron chi connectivity index (χ4n) is 4.89. The van der Waals surface area contributed by atoms with Gasteiger partial charge in [0.25, 0.3) is 0 Å². The van der Waals surface area contributed by atoms with Crippen molar-refractivity contribution in [2.24, 2.45) is 7.05 Å². The average molecular weight is 589 g/mol. The third-order valence-corrected chi connectivity index (χ3v) is 7.11. The predicted octanol–water partition coefficient (Wildman–Crippen LogP) is 5.28. The van der Waals surface area contributed by atoms with E-state index >= 15 is 0 Å². The van der Waals surface area contributed by atoms with Crippen molar-refractivity contribution in [1.82, 2.24) is 14.8 Å². The molecule has 0 bridgehead atoms. The fourth-order valence-corrected chi connectivity index (χ4v) is 4.89. The van der Waals surface area contributed by atoms with Crippen LogP contribution in [0.5, 0.6) is 11.6 Å². The van der Waals surface area contributed by atoms with E-state index in [0.717, 1.165) is 36.5 Å². The van der Waals surface area contributed by atoms with Gasteiger partial charge in [0.2, 0.25) is 5.88 Å². The van der Waals surface area contributed by atoms with Gasteiger partial charge in [-0.25, -0.2) is 14.5 Å². The standard InChI is InChI=1S/C30H35F3N4O5/c1-18(2)20-8-10-25(40-4)24(15-20)21(16-27(38)42-29(39)30(31,32)33)14-23-17-26(37(3)36-23)41-13-11-22-9-7-19-6-5-12-34-28(19)35-22/h7-10,15,17-18,21H,5-6,11-14,16H2,1-4H3,(H,34,35). The van der Waals surface area contributed by atoms with E-state index in [4.69, 9.17) is 9.47 Å². The summed E-state index contributed by atoms with van der Waals surface area (Å²) in [6, 6.07) is 11.3. The number of pyridine rings is 1. The molecule has 0 spiro atoms. The van der Waals surface area contributed by atoms with Gasteiger partial charge < -0.3 is 19.5 Å². The normalized spacial score (nSPS) is 13.7. The molecule has 1 atom stereocenters. The van der Waals surface area contributed by atoms with Crippen LogP contribution in [0, 0.1) is 0 Å². The summed E-state index contributed by atoms with van der Waals surface area (Å²) in [5, 5.41) is 7.83. The molecular weight excluding hydrogens is 553 g/mol. The summed E-state index contributed by atoms with van der Waals surface area (Å²) in [6.45, 7) is 5.25. The minimum absolute atomic E-state index is 0.143. The van der Waals surface area contributed by atoms with Gasteiger partial charge >= 0.3 is 18.1 Å². The molecule has 12 heteroatoms. The zero-order valence-corrected chi connectivity index (χ0v) is 24.1. The molecule has 0 amide bonds. The summed E-state index contributed by atoms with van der Waals surface area (Å²) in [6.07, 6.45) is -2.94. The van der Waals surface area contributed by atoms with Crippen LogP contribution in [-0.4, -0.2) is 53.1 Å². The molecule has 226 valence electrons. The molecule has 1 aliphatic heterocycles. The number of halogens is 3. The molecule has 0 fully saturated rings. The number of hydrogen-bond acceptors (Lipinski definition) is 8. The maximum Gasteiger partial charge on any atom is 0.491 e. The first-order chi connectivity index (χ1) is 19.9. The van der Waals surface area contributed by atoms with Gasteiger partial charge in [0.15, 0.2) is 0 Å². The third-order valence-electron chi connectivity index (χ3n) is 7.11. The Bertz CT molecular complexity index is 1420. The molecule has 42 heavy (non-hydrogen) atoms. The van der Waals surface area contributed by atoms with Gasteiger partial charge in [-0.3, -0.25) is 4.79 Å². The fraction of sp³-hybridized carbons (Fsp3) is 0.467. The highest BCUT2D eigenvalue weighted by atomic mass is 19.4. The molecule has 4 rings (SSSR count). The van der Waals surface area contributed by atoms with Crippen LogP contribution in [0.3, 0.4) is 0 Å². The van der Waals surface area contributed by atoms with Crippen LogP contribution in [-0.2, 0) is 40.6 Å². The lowest BCUT2D eigenvalue weighted by Crippen LogP contribution is -2.28. The Morgan fingerprint density at radius 2 is 1.90 bits per heavy atom. The van der Waals surface area contributed by atoms with Gasteiger partial charge in [0.05, 0.1) is 25.8 Å². The Balaban J connectivity index is 1.50. The van der Waals surface area contributed by atoms with Crippen molar-refractivity contribution in [3.8, 4) is 11.6 Å². The maximum absolute atomic E-state index is 12.7. The van der Waals surface area contributed by atoms with Gasteiger partial charge in [0, 0.05) is 37.7 Å². The number of benzene rings is 1. The van der Waals surface area contributed by atoms with E-state index in [1.54, 1.807) is 23.9 Å².